The molecule has 3 aromatic rings. The zero-order valence-corrected chi connectivity index (χ0v) is 18.0. The van der Waals surface area contributed by atoms with Crippen LogP contribution in [0.1, 0.15) is 28.8 Å². The van der Waals surface area contributed by atoms with Crippen molar-refractivity contribution in [1.82, 2.24) is 25.0 Å². The van der Waals surface area contributed by atoms with Crippen LogP contribution in [0.5, 0.6) is 0 Å². The molecule has 1 aliphatic rings. The fourth-order valence-electron chi connectivity index (χ4n) is 3.56. The van der Waals surface area contributed by atoms with Gasteiger partial charge in [0.05, 0.1) is 5.69 Å². The lowest BCUT2D eigenvalue weighted by molar-refractivity contribution is -0.126. The van der Waals surface area contributed by atoms with Crippen LogP contribution in [0.3, 0.4) is 0 Å². The topological polar surface area (TPSA) is 80.1 Å². The van der Waals surface area contributed by atoms with Crippen molar-refractivity contribution in [3.63, 3.8) is 0 Å². The molecule has 1 fully saturated rings. The molecule has 4 rings (SSSR count). The van der Waals surface area contributed by atoms with Gasteiger partial charge in [-0.2, -0.15) is 5.10 Å². The molecule has 30 heavy (non-hydrogen) atoms. The first kappa shape index (κ1) is 20.3. The standard InChI is InChI=1S/C22H22BrN5O2/c23-19-5-3-18(4-6-19)22(30)27-11-9-17(10-12-27)21(29)25-13-16-1-7-20(8-2-16)28-15-24-14-26-28/h1-8,14-15,17H,9-13H2,(H,25,29). The quantitative estimate of drug-likeness (QED) is 0.624. The molecule has 1 aliphatic heterocycles. The van der Waals surface area contributed by atoms with E-state index in [1.807, 2.05) is 53.4 Å². The van der Waals surface area contributed by atoms with Gasteiger partial charge in [-0.05, 0) is 54.8 Å². The maximum atomic E-state index is 12.6. The van der Waals surface area contributed by atoms with Crippen molar-refractivity contribution in [3.05, 3.63) is 76.8 Å². The van der Waals surface area contributed by atoms with Gasteiger partial charge in [-0.3, -0.25) is 9.59 Å². The lowest BCUT2D eigenvalue weighted by Gasteiger charge is -2.31. The van der Waals surface area contributed by atoms with E-state index < -0.39 is 0 Å². The van der Waals surface area contributed by atoms with E-state index in [1.54, 1.807) is 11.0 Å². The number of aromatic nitrogens is 3. The molecule has 8 heteroatoms. The number of carbonyl (C=O) groups excluding carboxylic acids is 2. The Kier molecular flexibility index (Phi) is 6.23. The normalized spacial score (nSPS) is 14.5. The fraction of sp³-hybridized carbons (Fsp3) is 0.273. The predicted molar refractivity (Wildman–Crippen MR) is 116 cm³/mol. The van der Waals surface area contributed by atoms with E-state index in [9.17, 15) is 9.59 Å². The van der Waals surface area contributed by atoms with Crippen LogP contribution in [0.25, 0.3) is 5.69 Å². The van der Waals surface area contributed by atoms with Crippen molar-refractivity contribution in [2.75, 3.05) is 13.1 Å². The first-order valence-corrected chi connectivity index (χ1v) is 10.7. The second-order valence-corrected chi connectivity index (χ2v) is 8.21. The zero-order valence-electron chi connectivity index (χ0n) is 16.4. The molecule has 0 saturated carbocycles. The number of amides is 2. The Bertz CT molecular complexity index is 995. The fourth-order valence-corrected chi connectivity index (χ4v) is 3.83. The summed E-state index contributed by atoms with van der Waals surface area (Å²) in [4.78, 5) is 30.9. The van der Waals surface area contributed by atoms with Crippen LogP contribution in [-0.4, -0.2) is 44.6 Å². The molecule has 2 amide bonds. The summed E-state index contributed by atoms with van der Waals surface area (Å²) in [7, 11) is 0. The van der Waals surface area contributed by atoms with Crippen molar-refractivity contribution >= 4 is 27.7 Å². The van der Waals surface area contributed by atoms with Crippen LogP contribution in [0.4, 0.5) is 0 Å². The maximum absolute atomic E-state index is 12.6. The molecule has 7 nitrogen and oxygen atoms in total. The van der Waals surface area contributed by atoms with Crippen LogP contribution >= 0.6 is 15.9 Å². The lowest BCUT2D eigenvalue weighted by atomic mass is 9.95. The molecule has 0 unspecified atom stereocenters. The van der Waals surface area contributed by atoms with Gasteiger partial charge in [0, 0.05) is 35.6 Å². The predicted octanol–water partition coefficient (Wildman–Crippen LogP) is 3.20. The van der Waals surface area contributed by atoms with E-state index in [1.165, 1.54) is 6.33 Å². The molecule has 0 atom stereocenters. The van der Waals surface area contributed by atoms with Crippen molar-refractivity contribution in [2.24, 2.45) is 5.92 Å². The van der Waals surface area contributed by atoms with Gasteiger partial charge in [0.1, 0.15) is 12.7 Å². The third-order valence-corrected chi connectivity index (χ3v) is 5.86. The number of piperidine rings is 1. The second kappa shape index (κ2) is 9.21. The van der Waals surface area contributed by atoms with Gasteiger partial charge in [0.2, 0.25) is 5.91 Å². The Balaban J connectivity index is 1.25. The zero-order chi connectivity index (χ0) is 20.9. The number of carbonyl (C=O) groups is 2. The van der Waals surface area contributed by atoms with E-state index in [0.717, 1.165) is 15.7 Å². The highest BCUT2D eigenvalue weighted by atomic mass is 79.9. The molecular formula is C22H22BrN5O2. The number of likely N-dealkylation sites (tertiary alicyclic amines) is 1. The average molecular weight is 468 g/mol. The summed E-state index contributed by atoms with van der Waals surface area (Å²) in [5, 5.41) is 7.12. The number of benzene rings is 2. The van der Waals surface area contributed by atoms with Gasteiger partial charge in [-0.25, -0.2) is 9.67 Å². The highest BCUT2D eigenvalue weighted by Gasteiger charge is 2.27. The number of nitrogens with zero attached hydrogens (tertiary/aromatic N) is 4. The van der Waals surface area contributed by atoms with Gasteiger partial charge in [0.15, 0.2) is 0 Å². The highest BCUT2D eigenvalue weighted by molar-refractivity contribution is 9.10. The van der Waals surface area contributed by atoms with Crippen molar-refractivity contribution in [1.29, 1.82) is 0 Å². The minimum Gasteiger partial charge on any atom is -0.352 e. The first-order chi connectivity index (χ1) is 14.6. The summed E-state index contributed by atoms with van der Waals surface area (Å²) in [5.41, 5.74) is 2.62. The summed E-state index contributed by atoms with van der Waals surface area (Å²) in [6.45, 7) is 1.67. The van der Waals surface area contributed by atoms with Crippen LogP contribution in [0.15, 0.2) is 65.7 Å². The molecule has 0 radical (unpaired) electrons. The SMILES string of the molecule is O=C(NCc1ccc(-n2cncn2)cc1)C1CCN(C(=O)c2ccc(Br)cc2)CC1. The molecule has 1 saturated heterocycles. The van der Waals surface area contributed by atoms with Crippen molar-refractivity contribution in [3.8, 4) is 5.69 Å². The van der Waals surface area contributed by atoms with E-state index in [2.05, 4.69) is 31.3 Å². The van der Waals surface area contributed by atoms with Crippen LogP contribution in [0.2, 0.25) is 0 Å². The summed E-state index contributed by atoms with van der Waals surface area (Å²) in [6, 6.07) is 15.2. The van der Waals surface area contributed by atoms with Crippen molar-refractivity contribution < 1.29 is 9.59 Å². The molecule has 0 bridgehead atoms. The summed E-state index contributed by atoms with van der Waals surface area (Å²) >= 11 is 3.38. The smallest absolute Gasteiger partial charge is 0.253 e. The van der Waals surface area contributed by atoms with Crippen LogP contribution < -0.4 is 5.32 Å². The van der Waals surface area contributed by atoms with E-state index in [4.69, 9.17) is 0 Å². The molecular weight excluding hydrogens is 446 g/mol. The molecule has 0 spiro atoms. The van der Waals surface area contributed by atoms with Gasteiger partial charge < -0.3 is 10.2 Å². The van der Waals surface area contributed by atoms with Gasteiger partial charge in [-0.1, -0.05) is 28.1 Å². The minimum absolute atomic E-state index is 0.0221. The van der Waals surface area contributed by atoms with E-state index >= 15 is 0 Å². The number of hydrogen-bond acceptors (Lipinski definition) is 4. The second-order valence-electron chi connectivity index (χ2n) is 7.30. The molecule has 154 valence electrons. The van der Waals surface area contributed by atoms with Gasteiger partial charge in [-0.15, -0.1) is 0 Å². The number of halogens is 1. The minimum atomic E-state index is -0.0617. The molecule has 0 aliphatic carbocycles. The largest absolute Gasteiger partial charge is 0.352 e. The number of rotatable bonds is 5. The maximum Gasteiger partial charge on any atom is 0.253 e. The van der Waals surface area contributed by atoms with Gasteiger partial charge in [0.25, 0.3) is 5.91 Å². The first-order valence-electron chi connectivity index (χ1n) is 9.86. The number of hydrogen-bond donors (Lipinski definition) is 1. The third kappa shape index (κ3) is 4.76. The lowest BCUT2D eigenvalue weighted by Crippen LogP contribution is -2.42. The Morgan fingerprint density at radius 1 is 1.03 bits per heavy atom. The Labute approximate surface area is 183 Å². The molecule has 1 aromatic heterocycles. The Morgan fingerprint density at radius 3 is 2.37 bits per heavy atom. The summed E-state index contributed by atoms with van der Waals surface area (Å²) in [5.74, 6) is 0.00770. The van der Waals surface area contributed by atoms with E-state index in [0.29, 0.717) is 38.0 Å². The molecule has 2 heterocycles. The monoisotopic (exact) mass is 467 g/mol. The molecule has 2 aromatic carbocycles. The summed E-state index contributed by atoms with van der Waals surface area (Å²) in [6.07, 6.45) is 4.50. The highest BCUT2D eigenvalue weighted by Crippen LogP contribution is 2.20. The Morgan fingerprint density at radius 2 is 1.73 bits per heavy atom. The third-order valence-electron chi connectivity index (χ3n) is 5.33. The van der Waals surface area contributed by atoms with Crippen LogP contribution in [0, 0.1) is 5.92 Å². The summed E-state index contributed by atoms with van der Waals surface area (Å²) < 4.78 is 2.63. The van der Waals surface area contributed by atoms with E-state index in [-0.39, 0.29) is 17.7 Å². The van der Waals surface area contributed by atoms with Crippen molar-refractivity contribution in [2.45, 2.75) is 19.4 Å². The Hall–Kier alpha value is -3.00. The molecule has 1 N–H and O–H groups in total. The average Bonchev–Trinajstić information content (AvgIpc) is 3.33. The number of nitrogens with one attached hydrogen (secondary N) is 1. The van der Waals surface area contributed by atoms with Gasteiger partial charge >= 0.3 is 0 Å². The van der Waals surface area contributed by atoms with Crippen LogP contribution in [-0.2, 0) is 11.3 Å².